The largest absolute Gasteiger partial charge is 0.457 e. The van der Waals surface area contributed by atoms with Crippen molar-refractivity contribution >= 4 is 6.02 Å². The summed E-state index contributed by atoms with van der Waals surface area (Å²) in [6.45, 7) is 5.00. The zero-order chi connectivity index (χ0) is 8.32. The lowest BCUT2D eigenvalue weighted by molar-refractivity contribution is 0.0708. The lowest BCUT2D eigenvalue weighted by Gasteiger charge is -2.25. The second kappa shape index (κ2) is 3.11. The van der Waals surface area contributed by atoms with Gasteiger partial charge in [-0.2, -0.15) is 0 Å². The fraction of sp³-hybridized carbons (Fsp3) is 0.875. The van der Waals surface area contributed by atoms with Gasteiger partial charge in [0.1, 0.15) is 5.60 Å². The van der Waals surface area contributed by atoms with Crippen LogP contribution in [0.15, 0.2) is 4.99 Å². The molecule has 0 saturated carbocycles. The van der Waals surface area contributed by atoms with E-state index >= 15 is 0 Å². The van der Waals surface area contributed by atoms with Gasteiger partial charge in [-0.1, -0.05) is 20.3 Å². The second-order valence-electron chi connectivity index (χ2n) is 3.04. The molecule has 0 amide bonds. The molecule has 1 aliphatic heterocycles. The molecule has 0 aromatic carbocycles. The number of aliphatic imine (C=N–C) groups is 1. The Morgan fingerprint density at radius 1 is 1.64 bits per heavy atom. The lowest BCUT2D eigenvalue weighted by Crippen LogP contribution is -2.33. The minimum atomic E-state index is -0.0706. The first-order chi connectivity index (χ1) is 5.22. The first kappa shape index (κ1) is 8.37. The van der Waals surface area contributed by atoms with E-state index in [2.05, 4.69) is 18.8 Å². The fourth-order valence-electron chi connectivity index (χ4n) is 1.45. The number of rotatable bonds is 3. The normalized spacial score (nSPS) is 29.8. The Bertz CT molecular complexity index is 167. The van der Waals surface area contributed by atoms with E-state index < -0.39 is 0 Å². The highest BCUT2D eigenvalue weighted by molar-refractivity contribution is 5.73. The van der Waals surface area contributed by atoms with Gasteiger partial charge in [-0.05, 0) is 12.8 Å². The summed E-state index contributed by atoms with van der Waals surface area (Å²) >= 11 is 0. The minimum Gasteiger partial charge on any atom is -0.457 e. The Morgan fingerprint density at radius 2 is 2.36 bits per heavy atom. The van der Waals surface area contributed by atoms with Crippen molar-refractivity contribution in [1.29, 1.82) is 0 Å². The molecule has 2 N–H and O–H groups in total. The predicted molar refractivity (Wildman–Crippen MR) is 45.5 cm³/mol. The van der Waals surface area contributed by atoms with Gasteiger partial charge in [0.2, 0.25) is 0 Å². The number of amidine groups is 1. The molecule has 1 unspecified atom stereocenters. The van der Waals surface area contributed by atoms with E-state index in [1.54, 1.807) is 0 Å². The van der Waals surface area contributed by atoms with Crippen molar-refractivity contribution in [3.63, 3.8) is 0 Å². The molecule has 64 valence electrons. The summed E-state index contributed by atoms with van der Waals surface area (Å²) < 4.78 is 5.47. The maximum atomic E-state index is 5.47. The van der Waals surface area contributed by atoms with Crippen LogP contribution in [0.4, 0.5) is 0 Å². The SMILES string of the molecule is CCCC1(CC)CN=C(N)O1. The molecule has 0 spiro atoms. The number of nitrogens with two attached hydrogens (primary N) is 1. The van der Waals surface area contributed by atoms with Crippen molar-refractivity contribution in [3.05, 3.63) is 0 Å². The quantitative estimate of drug-likeness (QED) is 0.669. The Morgan fingerprint density at radius 3 is 2.73 bits per heavy atom. The van der Waals surface area contributed by atoms with Crippen LogP contribution in [-0.2, 0) is 4.74 Å². The van der Waals surface area contributed by atoms with E-state index in [0.717, 1.165) is 25.8 Å². The standard InChI is InChI=1S/C8H16N2O/c1-3-5-8(4-2)6-10-7(9)11-8/h3-6H2,1-2H3,(H2,9,10). The summed E-state index contributed by atoms with van der Waals surface area (Å²) in [4.78, 5) is 4.05. The first-order valence-electron chi connectivity index (χ1n) is 4.21. The van der Waals surface area contributed by atoms with Crippen molar-refractivity contribution in [2.75, 3.05) is 6.54 Å². The van der Waals surface area contributed by atoms with E-state index in [1.165, 1.54) is 0 Å². The smallest absolute Gasteiger partial charge is 0.282 e. The summed E-state index contributed by atoms with van der Waals surface area (Å²) in [6, 6.07) is 0.361. The van der Waals surface area contributed by atoms with Crippen LogP contribution in [0.1, 0.15) is 33.1 Å². The Kier molecular flexibility index (Phi) is 2.37. The average molecular weight is 156 g/mol. The van der Waals surface area contributed by atoms with Gasteiger partial charge in [0, 0.05) is 0 Å². The van der Waals surface area contributed by atoms with Gasteiger partial charge in [-0.25, -0.2) is 4.99 Å². The van der Waals surface area contributed by atoms with Crippen LogP contribution in [0.25, 0.3) is 0 Å². The zero-order valence-electron chi connectivity index (χ0n) is 7.26. The fourth-order valence-corrected chi connectivity index (χ4v) is 1.45. The summed E-state index contributed by atoms with van der Waals surface area (Å²) in [5.41, 5.74) is 5.37. The molecule has 1 aliphatic rings. The van der Waals surface area contributed by atoms with Gasteiger partial charge in [-0.15, -0.1) is 0 Å². The maximum Gasteiger partial charge on any atom is 0.282 e. The van der Waals surface area contributed by atoms with Crippen molar-refractivity contribution < 1.29 is 4.74 Å². The topological polar surface area (TPSA) is 47.6 Å². The van der Waals surface area contributed by atoms with Gasteiger partial charge in [0.05, 0.1) is 6.54 Å². The second-order valence-corrected chi connectivity index (χ2v) is 3.04. The van der Waals surface area contributed by atoms with Crippen LogP contribution in [-0.4, -0.2) is 18.2 Å². The van der Waals surface area contributed by atoms with Crippen LogP contribution >= 0.6 is 0 Å². The van der Waals surface area contributed by atoms with E-state index in [1.807, 2.05) is 0 Å². The summed E-state index contributed by atoms with van der Waals surface area (Å²) in [5, 5.41) is 0. The molecule has 1 rings (SSSR count). The molecular weight excluding hydrogens is 140 g/mol. The highest BCUT2D eigenvalue weighted by Gasteiger charge is 2.34. The van der Waals surface area contributed by atoms with Crippen LogP contribution in [0.2, 0.25) is 0 Å². The molecule has 0 aromatic rings. The van der Waals surface area contributed by atoms with Crippen LogP contribution < -0.4 is 5.73 Å². The molecule has 0 bridgehead atoms. The van der Waals surface area contributed by atoms with Gasteiger partial charge in [-0.3, -0.25) is 0 Å². The van der Waals surface area contributed by atoms with E-state index in [4.69, 9.17) is 10.5 Å². The van der Waals surface area contributed by atoms with E-state index in [-0.39, 0.29) is 5.60 Å². The van der Waals surface area contributed by atoms with Crippen LogP contribution in [0.3, 0.4) is 0 Å². The van der Waals surface area contributed by atoms with Gasteiger partial charge in [0.15, 0.2) is 0 Å². The molecule has 0 saturated heterocycles. The molecule has 1 heterocycles. The molecule has 3 heteroatoms. The third kappa shape index (κ3) is 1.64. The lowest BCUT2D eigenvalue weighted by atomic mass is 9.95. The highest BCUT2D eigenvalue weighted by atomic mass is 16.5. The molecule has 0 aromatic heterocycles. The maximum absolute atomic E-state index is 5.47. The molecule has 0 fully saturated rings. The molecule has 0 aliphatic carbocycles. The zero-order valence-corrected chi connectivity index (χ0v) is 7.26. The third-order valence-corrected chi connectivity index (χ3v) is 2.19. The summed E-state index contributed by atoms with van der Waals surface area (Å²) in [7, 11) is 0. The first-order valence-corrected chi connectivity index (χ1v) is 4.21. The van der Waals surface area contributed by atoms with Crippen LogP contribution in [0.5, 0.6) is 0 Å². The van der Waals surface area contributed by atoms with Crippen molar-refractivity contribution in [3.8, 4) is 0 Å². The van der Waals surface area contributed by atoms with Crippen molar-refractivity contribution in [1.82, 2.24) is 0 Å². The molecule has 11 heavy (non-hydrogen) atoms. The Hall–Kier alpha value is -0.730. The van der Waals surface area contributed by atoms with E-state index in [9.17, 15) is 0 Å². The monoisotopic (exact) mass is 156 g/mol. The average Bonchev–Trinajstić information content (AvgIpc) is 2.34. The number of hydrogen-bond donors (Lipinski definition) is 1. The van der Waals surface area contributed by atoms with Gasteiger partial charge < -0.3 is 10.5 Å². The third-order valence-electron chi connectivity index (χ3n) is 2.19. The number of nitrogens with zero attached hydrogens (tertiary/aromatic N) is 1. The molecule has 0 radical (unpaired) electrons. The van der Waals surface area contributed by atoms with Crippen LogP contribution in [0, 0.1) is 0 Å². The Balaban J connectivity index is 2.52. The molecule has 3 nitrogen and oxygen atoms in total. The Labute approximate surface area is 67.6 Å². The molecular formula is C8H16N2O. The van der Waals surface area contributed by atoms with E-state index in [0.29, 0.717) is 6.02 Å². The summed E-state index contributed by atoms with van der Waals surface area (Å²) in [5.74, 6) is 0. The van der Waals surface area contributed by atoms with Gasteiger partial charge >= 0.3 is 0 Å². The number of hydrogen-bond acceptors (Lipinski definition) is 3. The van der Waals surface area contributed by atoms with Crippen molar-refractivity contribution in [2.24, 2.45) is 10.7 Å². The highest BCUT2D eigenvalue weighted by Crippen LogP contribution is 2.26. The number of ether oxygens (including phenoxy) is 1. The predicted octanol–water partition coefficient (Wildman–Crippen LogP) is 1.28. The van der Waals surface area contributed by atoms with Crippen molar-refractivity contribution in [2.45, 2.75) is 38.7 Å². The minimum absolute atomic E-state index is 0.0706. The molecule has 1 atom stereocenters. The van der Waals surface area contributed by atoms with Gasteiger partial charge in [0.25, 0.3) is 6.02 Å². The summed E-state index contributed by atoms with van der Waals surface area (Å²) in [6.07, 6.45) is 3.16.